The number of hydrogen-bond acceptors (Lipinski definition) is 2. The fourth-order valence-corrected chi connectivity index (χ4v) is 2.46. The number of carboxylic acids is 1. The van der Waals surface area contributed by atoms with Gasteiger partial charge in [-0.05, 0) is 37.8 Å². The predicted molar refractivity (Wildman–Crippen MR) is 68.6 cm³/mol. The van der Waals surface area contributed by atoms with Crippen molar-refractivity contribution in [2.75, 3.05) is 11.9 Å². The van der Waals surface area contributed by atoms with Crippen molar-refractivity contribution in [3.05, 3.63) is 29.3 Å². The molecule has 0 atom stereocenters. The van der Waals surface area contributed by atoms with Crippen molar-refractivity contribution >= 4 is 11.7 Å². The number of anilines is 1. The lowest BCUT2D eigenvalue weighted by molar-refractivity contribution is 0.0698. The zero-order valence-electron chi connectivity index (χ0n) is 10.2. The van der Waals surface area contributed by atoms with E-state index in [1.54, 1.807) is 6.07 Å². The summed E-state index contributed by atoms with van der Waals surface area (Å²) in [5.41, 5.74) is 2.10. The summed E-state index contributed by atoms with van der Waals surface area (Å²) in [6, 6.07) is 5.54. The van der Waals surface area contributed by atoms with Gasteiger partial charge in [-0.3, -0.25) is 0 Å². The first-order valence-electron chi connectivity index (χ1n) is 6.24. The molecule has 0 heterocycles. The highest BCUT2D eigenvalue weighted by Crippen LogP contribution is 2.26. The van der Waals surface area contributed by atoms with Crippen LogP contribution < -0.4 is 5.32 Å². The van der Waals surface area contributed by atoms with Crippen molar-refractivity contribution in [2.45, 2.75) is 32.6 Å². The highest BCUT2D eigenvalue weighted by Gasteiger charge is 2.16. The van der Waals surface area contributed by atoms with Gasteiger partial charge in [0, 0.05) is 12.2 Å². The van der Waals surface area contributed by atoms with Gasteiger partial charge in [0.15, 0.2) is 0 Å². The Labute approximate surface area is 102 Å². The maximum Gasteiger partial charge on any atom is 0.337 e. The third kappa shape index (κ3) is 2.99. The average molecular weight is 233 g/mol. The summed E-state index contributed by atoms with van der Waals surface area (Å²) in [6.45, 7) is 2.80. The van der Waals surface area contributed by atoms with Crippen LogP contribution in [0.2, 0.25) is 0 Å². The number of hydrogen-bond donors (Lipinski definition) is 2. The number of rotatable bonds is 4. The maximum atomic E-state index is 11.1. The van der Waals surface area contributed by atoms with E-state index in [2.05, 4.69) is 5.32 Å². The van der Waals surface area contributed by atoms with Crippen LogP contribution in [0.1, 0.15) is 41.6 Å². The van der Waals surface area contributed by atoms with Gasteiger partial charge < -0.3 is 10.4 Å². The first-order chi connectivity index (χ1) is 8.16. The molecule has 0 saturated heterocycles. The molecule has 2 N–H and O–H groups in total. The molecule has 92 valence electrons. The van der Waals surface area contributed by atoms with Crippen LogP contribution in [0, 0.1) is 12.8 Å². The Morgan fingerprint density at radius 2 is 2.12 bits per heavy atom. The monoisotopic (exact) mass is 233 g/mol. The van der Waals surface area contributed by atoms with Crippen molar-refractivity contribution < 1.29 is 9.90 Å². The molecule has 0 radical (unpaired) electrons. The molecular weight excluding hydrogens is 214 g/mol. The summed E-state index contributed by atoms with van der Waals surface area (Å²) in [5.74, 6) is -0.152. The van der Waals surface area contributed by atoms with E-state index < -0.39 is 5.97 Å². The lowest BCUT2D eigenvalue weighted by Crippen LogP contribution is -2.13. The van der Waals surface area contributed by atoms with Crippen LogP contribution in [0.15, 0.2) is 18.2 Å². The minimum absolute atomic E-state index is 0.378. The average Bonchev–Trinajstić information content (AvgIpc) is 2.80. The Balaban J connectivity index is 2.06. The van der Waals surface area contributed by atoms with Gasteiger partial charge in [0.1, 0.15) is 0 Å². The van der Waals surface area contributed by atoms with E-state index in [9.17, 15) is 4.79 Å². The molecule has 0 bridgehead atoms. The van der Waals surface area contributed by atoms with Crippen LogP contribution >= 0.6 is 0 Å². The van der Waals surface area contributed by atoms with Gasteiger partial charge in [0.2, 0.25) is 0 Å². The summed E-state index contributed by atoms with van der Waals surface area (Å²) in [4.78, 5) is 11.1. The molecule has 0 aromatic heterocycles. The quantitative estimate of drug-likeness (QED) is 0.839. The van der Waals surface area contributed by atoms with Crippen molar-refractivity contribution in [2.24, 2.45) is 5.92 Å². The van der Waals surface area contributed by atoms with Crippen molar-refractivity contribution in [3.63, 3.8) is 0 Å². The summed E-state index contributed by atoms with van der Waals surface area (Å²) in [6.07, 6.45) is 5.15. The van der Waals surface area contributed by atoms with Crippen molar-refractivity contribution in [3.8, 4) is 0 Å². The van der Waals surface area contributed by atoms with Gasteiger partial charge in [0.25, 0.3) is 0 Å². The molecule has 1 aromatic carbocycles. The third-order valence-corrected chi connectivity index (χ3v) is 3.46. The highest BCUT2D eigenvalue weighted by molar-refractivity contribution is 5.94. The highest BCUT2D eigenvalue weighted by atomic mass is 16.4. The first kappa shape index (κ1) is 12.0. The SMILES string of the molecule is Cc1ccc(NCC2CCCC2)c(C(=O)O)c1. The van der Waals surface area contributed by atoms with Crippen LogP contribution in [-0.2, 0) is 0 Å². The topological polar surface area (TPSA) is 49.3 Å². The lowest BCUT2D eigenvalue weighted by atomic mass is 10.1. The van der Waals surface area contributed by atoms with Crippen LogP contribution in [0.25, 0.3) is 0 Å². The third-order valence-electron chi connectivity index (χ3n) is 3.46. The van der Waals surface area contributed by atoms with Crippen LogP contribution in [0.4, 0.5) is 5.69 Å². The summed E-state index contributed by atoms with van der Waals surface area (Å²) in [7, 11) is 0. The number of carbonyl (C=O) groups is 1. The Morgan fingerprint density at radius 3 is 2.76 bits per heavy atom. The summed E-state index contributed by atoms with van der Waals surface area (Å²) in [5, 5.41) is 12.4. The fourth-order valence-electron chi connectivity index (χ4n) is 2.46. The normalized spacial score (nSPS) is 16.1. The van der Waals surface area contributed by atoms with E-state index in [0.717, 1.165) is 17.8 Å². The zero-order chi connectivity index (χ0) is 12.3. The van der Waals surface area contributed by atoms with Gasteiger partial charge in [-0.2, -0.15) is 0 Å². The molecule has 0 unspecified atom stereocenters. The number of carboxylic acid groups (broad SMARTS) is 1. The Bertz CT molecular complexity index is 409. The second-order valence-corrected chi connectivity index (χ2v) is 4.89. The van der Waals surface area contributed by atoms with Gasteiger partial charge in [0.05, 0.1) is 5.56 Å². The number of benzene rings is 1. The molecule has 3 nitrogen and oxygen atoms in total. The summed E-state index contributed by atoms with van der Waals surface area (Å²) >= 11 is 0. The van der Waals surface area contributed by atoms with Gasteiger partial charge in [-0.1, -0.05) is 24.5 Å². The standard InChI is InChI=1S/C14H19NO2/c1-10-6-7-13(12(8-10)14(16)17)15-9-11-4-2-3-5-11/h6-8,11,15H,2-5,9H2,1H3,(H,16,17). The van der Waals surface area contributed by atoms with Gasteiger partial charge in [-0.15, -0.1) is 0 Å². The summed E-state index contributed by atoms with van der Waals surface area (Å²) < 4.78 is 0. The molecule has 0 amide bonds. The van der Waals surface area contributed by atoms with E-state index in [1.807, 2.05) is 19.1 Å². The molecular formula is C14H19NO2. The van der Waals surface area contributed by atoms with E-state index in [0.29, 0.717) is 11.5 Å². The Kier molecular flexibility index (Phi) is 3.67. The van der Waals surface area contributed by atoms with Gasteiger partial charge >= 0.3 is 5.97 Å². The second kappa shape index (κ2) is 5.21. The second-order valence-electron chi connectivity index (χ2n) is 4.89. The van der Waals surface area contributed by atoms with Crippen molar-refractivity contribution in [1.29, 1.82) is 0 Å². The number of nitrogens with one attached hydrogen (secondary N) is 1. The van der Waals surface area contributed by atoms with Crippen LogP contribution in [0.5, 0.6) is 0 Å². The maximum absolute atomic E-state index is 11.1. The van der Waals surface area contributed by atoms with E-state index >= 15 is 0 Å². The molecule has 1 fully saturated rings. The van der Waals surface area contributed by atoms with Gasteiger partial charge in [-0.25, -0.2) is 4.79 Å². The molecule has 0 aliphatic heterocycles. The minimum atomic E-state index is -0.859. The molecule has 1 aliphatic carbocycles. The largest absolute Gasteiger partial charge is 0.478 e. The zero-order valence-corrected chi connectivity index (χ0v) is 10.2. The molecule has 1 aliphatic rings. The van der Waals surface area contributed by atoms with Crippen molar-refractivity contribution in [1.82, 2.24) is 0 Å². The number of aromatic carboxylic acids is 1. The van der Waals surface area contributed by atoms with E-state index in [-0.39, 0.29) is 0 Å². The van der Waals surface area contributed by atoms with Crippen LogP contribution in [-0.4, -0.2) is 17.6 Å². The number of aryl methyl sites for hydroxylation is 1. The molecule has 1 saturated carbocycles. The minimum Gasteiger partial charge on any atom is -0.478 e. The fraction of sp³-hybridized carbons (Fsp3) is 0.500. The smallest absolute Gasteiger partial charge is 0.337 e. The Morgan fingerprint density at radius 1 is 1.41 bits per heavy atom. The molecule has 1 aromatic rings. The lowest BCUT2D eigenvalue weighted by Gasteiger charge is -2.14. The van der Waals surface area contributed by atoms with Crippen LogP contribution in [0.3, 0.4) is 0 Å². The molecule has 17 heavy (non-hydrogen) atoms. The Hall–Kier alpha value is -1.51. The van der Waals surface area contributed by atoms with E-state index in [1.165, 1.54) is 25.7 Å². The van der Waals surface area contributed by atoms with E-state index in [4.69, 9.17) is 5.11 Å². The predicted octanol–water partition coefficient (Wildman–Crippen LogP) is 3.30. The first-order valence-corrected chi connectivity index (χ1v) is 6.24. The molecule has 3 heteroatoms. The molecule has 0 spiro atoms. The molecule has 2 rings (SSSR count).